The average Bonchev–Trinajstić information content (AvgIpc) is 2.69. The maximum atomic E-state index is 13.4. The van der Waals surface area contributed by atoms with Crippen LogP contribution in [-0.2, 0) is 4.79 Å². The average molecular weight is 343 g/mol. The smallest absolute Gasteiger partial charge is 0.191 e. The molecule has 0 N–H and O–H groups in total. The van der Waals surface area contributed by atoms with Crippen LogP contribution in [0.15, 0.2) is 60.7 Å². The van der Waals surface area contributed by atoms with Crippen molar-refractivity contribution in [3.8, 4) is 11.8 Å². The van der Waals surface area contributed by atoms with Gasteiger partial charge in [0.2, 0.25) is 0 Å². The van der Waals surface area contributed by atoms with Crippen molar-refractivity contribution in [2.45, 2.75) is 18.9 Å². The SMILES string of the molecule is N#C[C@]12C(=O)c3ccccc3O[C@H]1CC=C(c1ccccc1)[C@@H]2CC=O. The molecule has 2 aromatic rings. The zero-order valence-electron chi connectivity index (χ0n) is 14.1. The zero-order valence-corrected chi connectivity index (χ0v) is 14.1. The Kier molecular flexibility index (Phi) is 3.93. The fraction of sp³-hybridized carbons (Fsp3) is 0.227. The van der Waals surface area contributed by atoms with Crippen LogP contribution in [0, 0.1) is 22.7 Å². The van der Waals surface area contributed by atoms with Gasteiger partial charge in [-0.25, -0.2) is 0 Å². The summed E-state index contributed by atoms with van der Waals surface area (Å²) in [4.78, 5) is 24.9. The van der Waals surface area contributed by atoms with Crippen molar-refractivity contribution in [1.82, 2.24) is 0 Å². The lowest BCUT2D eigenvalue weighted by Crippen LogP contribution is -2.54. The third-order valence-corrected chi connectivity index (χ3v) is 5.39. The van der Waals surface area contributed by atoms with Crippen LogP contribution in [0.25, 0.3) is 5.57 Å². The Morgan fingerprint density at radius 3 is 2.62 bits per heavy atom. The Bertz CT molecular complexity index is 941. The number of ketones is 1. The van der Waals surface area contributed by atoms with Crippen molar-refractivity contribution in [3.63, 3.8) is 0 Å². The minimum absolute atomic E-state index is 0.0993. The molecule has 0 saturated heterocycles. The molecule has 0 radical (unpaired) electrons. The Balaban J connectivity index is 1.90. The quantitative estimate of drug-likeness (QED) is 0.794. The highest BCUT2D eigenvalue weighted by molar-refractivity contribution is 6.07. The van der Waals surface area contributed by atoms with Crippen molar-refractivity contribution in [1.29, 1.82) is 5.26 Å². The van der Waals surface area contributed by atoms with Crippen LogP contribution < -0.4 is 4.74 Å². The van der Waals surface area contributed by atoms with Crippen molar-refractivity contribution in [2.24, 2.45) is 11.3 Å². The summed E-state index contributed by atoms with van der Waals surface area (Å²) < 4.78 is 6.06. The first kappa shape index (κ1) is 16.3. The molecule has 3 atom stereocenters. The van der Waals surface area contributed by atoms with E-state index in [0.717, 1.165) is 17.4 Å². The van der Waals surface area contributed by atoms with Crippen molar-refractivity contribution < 1.29 is 14.3 Å². The Morgan fingerprint density at radius 1 is 1.15 bits per heavy atom. The lowest BCUT2D eigenvalue weighted by atomic mass is 9.58. The highest BCUT2D eigenvalue weighted by Crippen LogP contribution is 2.52. The molecular weight excluding hydrogens is 326 g/mol. The Morgan fingerprint density at radius 2 is 1.88 bits per heavy atom. The van der Waals surface area contributed by atoms with E-state index in [4.69, 9.17) is 4.74 Å². The second kappa shape index (κ2) is 6.27. The Hall–Kier alpha value is -3.19. The highest BCUT2D eigenvalue weighted by atomic mass is 16.5. The normalized spacial score (nSPS) is 26.6. The monoisotopic (exact) mass is 343 g/mol. The third-order valence-electron chi connectivity index (χ3n) is 5.39. The number of para-hydroxylation sites is 1. The molecule has 0 spiro atoms. The van der Waals surface area contributed by atoms with Gasteiger partial charge in [-0.1, -0.05) is 48.5 Å². The van der Waals surface area contributed by atoms with E-state index in [9.17, 15) is 14.9 Å². The van der Waals surface area contributed by atoms with Gasteiger partial charge in [0.1, 0.15) is 18.1 Å². The fourth-order valence-corrected chi connectivity index (χ4v) is 4.17. The number of nitriles is 1. The van der Waals surface area contributed by atoms with Gasteiger partial charge in [-0.3, -0.25) is 4.79 Å². The molecule has 1 aliphatic carbocycles. The summed E-state index contributed by atoms with van der Waals surface area (Å²) in [5, 5.41) is 10.1. The molecule has 0 fully saturated rings. The van der Waals surface area contributed by atoms with Gasteiger partial charge in [-0.2, -0.15) is 5.26 Å². The second-order valence-electron chi connectivity index (χ2n) is 6.63. The first-order valence-corrected chi connectivity index (χ1v) is 8.63. The van der Waals surface area contributed by atoms with Crippen LogP contribution in [0.3, 0.4) is 0 Å². The van der Waals surface area contributed by atoms with Crippen molar-refractivity contribution >= 4 is 17.6 Å². The third kappa shape index (κ3) is 2.21. The van der Waals surface area contributed by atoms with Crippen LogP contribution in [0.2, 0.25) is 0 Å². The first-order chi connectivity index (χ1) is 12.7. The van der Waals surface area contributed by atoms with Gasteiger partial charge in [0, 0.05) is 18.8 Å². The lowest BCUT2D eigenvalue weighted by Gasteiger charge is -2.46. The number of aldehydes is 1. The molecule has 1 heterocycles. The number of hydrogen-bond donors (Lipinski definition) is 0. The number of carbonyl (C=O) groups is 2. The van der Waals surface area contributed by atoms with Gasteiger partial charge in [-0.15, -0.1) is 0 Å². The molecule has 0 aromatic heterocycles. The standard InChI is InChI=1S/C22H17NO3/c23-14-22-18(12-13-24)16(15-6-2-1-3-7-15)10-11-20(22)26-19-9-5-4-8-17(19)21(22)25/h1-10,13,18,20H,11-12H2/t18-,20-,22+/m0/s1. The number of benzene rings is 2. The zero-order chi connectivity index (χ0) is 18.1. The molecule has 1 aliphatic heterocycles. The van der Waals surface area contributed by atoms with Crippen molar-refractivity contribution in [2.75, 3.05) is 0 Å². The molecule has 0 bridgehead atoms. The largest absolute Gasteiger partial charge is 0.487 e. The van der Waals surface area contributed by atoms with Crippen LogP contribution >= 0.6 is 0 Å². The Labute approximate surface area is 151 Å². The maximum absolute atomic E-state index is 13.4. The number of fused-ring (bicyclic) bond motifs is 2. The van der Waals surface area contributed by atoms with Crippen LogP contribution in [0.1, 0.15) is 28.8 Å². The van der Waals surface area contributed by atoms with Gasteiger partial charge in [0.05, 0.1) is 11.6 Å². The van der Waals surface area contributed by atoms with Crippen LogP contribution in [-0.4, -0.2) is 18.2 Å². The van der Waals surface area contributed by atoms with E-state index in [1.54, 1.807) is 18.2 Å². The highest BCUT2D eigenvalue weighted by Gasteiger charge is 2.59. The molecule has 0 saturated carbocycles. The maximum Gasteiger partial charge on any atom is 0.191 e. The van der Waals surface area contributed by atoms with E-state index in [0.29, 0.717) is 17.7 Å². The summed E-state index contributed by atoms with van der Waals surface area (Å²) in [6, 6.07) is 18.9. The molecule has 128 valence electrons. The molecule has 26 heavy (non-hydrogen) atoms. The molecule has 2 aliphatic rings. The predicted molar refractivity (Wildman–Crippen MR) is 96.4 cm³/mol. The number of Topliss-reactive ketones (excluding diaryl/α,β-unsaturated/α-hetero) is 1. The fourth-order valence-electron chi connectivity index (χ4n) is 4.17. The van der Waals surface area contributed by atoms with E-state index in [1.807, 2.05) is 42.5 Å². The molecule has 4 heteroatoms. The summed E-state index contributed by atoms with van der Waals surface area (Å²) in [7, 11) is 0. The molecule has 4 rings (SSSR count). The summed E-state index contributed by atoms with van der Waals surface area (Å²) in [6.45, 7) is 0. The molecule has 0 amide bonds. The first-order valence-electron chi connectivity index (χ1n) is 8.63. The number of ether oxygens (including phenoxy) is 1. The summed E-state index contributed by atoms with van der Waals surface area (Å²) in [5.41, 5.74) is 0.816. The topological polar surface area (TPSA) is 67.2 Å². The number of nitrogens with zero attached hydrogens (tertiary/aromatic N) is 1. The number of carbonyl (C=O) groups excluding carboxylic acids is 2. The predicted octanol–water partition coefficient (Wildman–Crippen LogP) is 3.83. The molecule has 4 nitrogen and oxygen atoms in total. The summed E-state index contributed by atoms with van der Waals surface area (Å²) >= 11 is 0. The molecule has 2 aromatic carbocycles. The minimum Gasteiger partial charge on any atom is -0.487 e. The molecule has 0 unspecified atom stereocenters. The number of hydrogen-bond acceptors (Lipinski definition) is 4. The van der Waals surface area contributed by atoms with Gasteiger partial charge < -0.3 is 9.53 Å². The van der Waals surface area contributed by atoms with E-state index < -0.39 is 17.4 Å². The number of allylic oxidation sites excluding steroid dienone is 1. The van der Waals surface area contributed by atoms with Crippen LogP contribution in [0.4, 0.5) is 0 Å². The lowest BCUT2D eigenvalue weighted by molar-refractivity contribution is -0.109. The van der Waals surface area contributed by atoms with Crippen LogP contribution in [0.5, 0.6) is 5.75 Å². The minimum atomic E-state index is -1.39. The van der Waals surface area contributed by atoms with Gasteiger partial charge >= 0.3 is 0 Å². The van der Waals surface area contributed by atoms with E-state index in [1.165, 1.54) is 0 Å². The van der Waals surface area contributed by atoms with E-state index >= 15 is 0 Å². The number of rotatable bonds is 3. The van der Waals surface area contributed by atoms with E-state index in [-0.39, 0.29) is 12.2 Å². The van der Waals surface area contributed by atoms with Gasteiger partial charge in [-0.05, 0) is 23.3 Å². The van der Waals surface area contributed by atoms with Gasteiger partial charge in [0.25, 0.3) is 0 Å². The summed E-state index contributed by atoms with van der Waals surface area (Å²) in [5.74, 6) is -0.276. The second-order valence-corrected chi connectivity index (χ2v) is 6.63. The van der Waals surface area contributed by atoms with E-state index in [2.05, 4.69) is 6.07 Å². The van der Waals surface area contributed by atoms with Gasteiger partial charge in [0.15, 0.2) is 11.2 Å². The molecular formula is C22H17NO3. The summed E-state index contributed by atoms with van der Waals surface area (Å²) in [6.07, 6.45) is 2.75. The van der Waals surface area contributed by atoms with Crippen molar-refractivity contribution in [3.05, 3.63) is 71.8 Å².